The molecule has 0 spiro atoms. The molecule has 0 saturated carbocycles. The summed E-state index contributed by atoms with van der Waals surface area (Å²) in [6, 6.07) is 5.11. The monoisotopic (exact) mass is 214 g/mol. The van der Waals surface area contributed by atoms with Crippen LogP contribution < -0.4 is 5.32 Å². The van der Waals surface area contributed by atoms with Gasteiger partial charge in [0.1, 0.15) is 0 Å². The maximum atomic E-state index is 3.59. The van der Waals surface area contributed by atoms with E-state index in [9.17, 15) is 0 Å². The van der Waals surface area contributed by atoms with E-state index in [-0.39, 0.29) is 0 Å². The number of nitrogens with one attached hydrogen (secondary N) is 2. The van der Waals surface area contributed by atoms with Gasteiger partial charge in [-0.05, 0) is 43.5 Å². The molecule has 3 rings (SSSR count). The molecule has 0 bridgehead atoms. The summed E-state index contributed by atoms with van der Waals surface area (Å²) < 4.78 is 0. The molecule has 2 heterocycles. The lowest BCUT2D eigenvalue weighted by molar-refractivity contribution is 0.511. The summed E-state index contributed by atoms with van der Waals surface area (Å²) in [6.45, 7) is 7.61. The van der Waals surface area contributed by atoms with Gasteiger partial charge in [0.25, 0.3) is 0 Å². The standard InChI is InChI=1S/C14H18N2/c1-8-4-9(2)14-11-7-15-10(3)6-12(11)16-13(14)5-8/h4-5,10,15-16H,6-7H2,1-3H3. The predicted molar refractivity (Wildman–Crippen MR) is 67.8 cm³/mol. The van der Waals surface area contributed by atoms with Gasteiger partial charge < -0.3 is 10.3 Å². The fourth-order valence-electron chi connectivity index (χ4n) is 2.88. The second kappa shape index (κ2) is 3.36. The van der Waals surface area contributed by atoms with Crippen LogP contribution in [0.4, 0.5) is 0 Å². The summed E-state index contributed by atoms with van der Waals surface area (Å²) in [5.74, 6) is 0. The lowest BCUT2D eigenvalue weighted by Crippen LogP contribution is -2.32. The zero-order valence-electron chi connectivity index (χ0n) is 10.1. The van der Waals surface area contributed by atoms with Crippen LogP contribution in [0.5, 0.6) is 0 Å². The Morgan fingerprint density at radius 1 is 1.25 bits per heavy atom. The first-order valence-electron chi connectivity index (χ1n) is 5.99. The van der Waals surface area contributed by atoms with Crippen molar-refractivity contribution in [2.24, 2.45) is 0 Å². The fourth-order valence-corrected chi connectivity index (χ4v) is 2.88. The first-order valence-corrected chi connectivity index (χ1v) is 5.99. The molecule has 0 radical (unpaired) electrons. The molecule has 0 saturated heterocycles. The first-order chi connectivity index (χ1) is 7.65. The van der Waals surface area contributed by atoms with Crippen molar-refractivity contribution in [1.29, 1.82) is 0 Å². The summed E-state index contributed by atoms with van der Waals surface area (Å²) in [4.78, 5) is 3.59. The number of hydrogen-bond acceptors (Lipinski definition) is 1. The molecule has 2 heteroatoms. The van der Waals surface area contributed by atoms with Gasteiger partial charge in [-0.2, -0.15) is 0 Å². The molecular weight excluding hydrogens is 196 g/mol. The van der Waals surface area contributed by atoms with Crippen molar-refractivity contribution in [1.82, 2.24) is 10.3 Å². The smallest absolute Gasteiger partial charge is 0.0464 e. The van der Waals surface area contributed by atoms with Gasteiger partial charge in [0.15, 0.2) is 0 Å². The summed E-state index contributed by atoms with van der Waals surface area (Å²) >= 11 is 0. The van der Waals surface area contributed by atoms with E-state index in [0.717, 1.165) is 13.0 Å². The van der Waals surface area contributed by atoms with E-state index in [2.05, 4.69) is 43.2 Å². The number of aromatic amines is 1. The summed E-state index contributed by atoms with van der Waals surface area (Å²) in [7, 11) is 0. The van der Waals surface area contributed by atoms with E-state index in [0.29, 0.717) is 6.04 Å². The number of H-pyrrole nitrogens is 1. The number of hydrogen-bond donors (Lipinski definition) is 2. The third-order valence-corrected chi connectivity index (χ3v) is 3.57. The molecule has 0 amide bonds. The van der Waals surface area contributed by atoms with Gasteiger partial charge in [0.05, 0.1) is 0 Å². The fraction of sp³-hybridized carbons (Fsp3) is 0.429. The Morgan fingerprint density at radius 2 is 2.06 bits per heavy atom. The van der Waals surface area contributed by atoms with Crippen molar-refractivity contribution >= 4 is 10.9 Å². The van der Waals surface area contributed by atoms with E-state index in [4.69, 9.17) is 0 Å². The van der Waals surface area contributed by atoms with Gasteiger partial charge in [-0.15, -0.1) is 0 Å². The highest BCUT2D eigenvalue weighted by Gasteiger charge is 2.19. The van der Waals surface area contributed by atoms with Gasteiger partial charge in [0.2, 0.25) is 0 Å². The molecule has 1 aromatic carbocycles. The van der Waals surface area contributed by atoms with Crippen LogP contribution in [0.15, 0.2) is 12.1 Å². The summed E-state index contributed by atoms with van der Waals surface area (Å²) in [6.07, 6.45) is 1.11. The molecule has 1 unspecified atom stereocenters. The van der Waals surface area contributed by atoms with Crippen molar-refractivity contribution in [2.75, 3.05) is 0 Å². The number of rotatable bonds is 0. The van der Waals surface area contributed by atoms with Crippen molar-refractivity contribution in [3.63, 3.8) is 0 Å². The van der Waals surface area contributed by atoms with Crippen LogP contribution in [-0.4, -0.2) is 11.0 Å². The number of aromatic nitrogens is 1. The normalized spacial score (nSPS) is 20.1. The predicted octanol–water partition coefficient (Wildman–Crippen LogP) is 2.82. The third kappa shape index (κ3) is 1.37. The number of benzene rings is 1. The summed E-state index contributed by atoms with van der Waals surface area (Å²) in [5, 5.41) is 4.97. The maximum Gasteiger partial charge on any atom is 0.0464 e. The van der Waals surface area contributed by atoms with Crippen molar-refractivity contribution in [2.45, 2.75) is 39.8 Å². The topological polar surface area (TPSA) is 27.8 Å². The summed E-state index contributed by atoms with van der Waals surface area (Å²) in [5.41, 5.74) is 6.94. The molecule has 0 fully saturated rings. The van der Waals surface area contributed by atoms with Crippen LogP contribution in [0.2, 0.25) is 0 Å². The van der Waals surface area contributed by atoms with Gasteiger partial charge in [-0.3, -0.25) is 0 Å². The van der Waals surface area contributed by atoms with Crippen LogP contribution in [0, 0.1) is 13.8 Å². The van der Waals surface area contributed by atoms with E-state index < -0.39 is 0 Å². The van der Waals surface area contributed by atoms with Gasteiger partial charge >= 0.3 is 0 Å². The second-order valence-electron chi connectivity index (χ2n) is 5.07. The zero-order chi connectivity index (χ0) is 11.3. The SMILES string of the molecule is Cc1cc(C)c2c3c([nH]c2c1)CC(C)NC3. The average molecular weight is 214 g/mol. The number of aryl methyl sites for hydroxylation is 2. The van der Waals surface area contributed by atoms with Gasteiger partial charge in [-0.25, -0.2) is 0 Å². The van der Waals surface area contributed by atoms with E-state index in [1.165, 1.54) is 33.3 Å². The van der Waals surface area contributed by atoms with Crippen molar-refractivity contribution in [3.8, 4) is 0 Å². The minimum absolute atomic E-state index is 0.585. The molecule has 2 aromatic rings. The highest BCUT2D eigenvalue weighted by molar-refractivity contribution is 5.88. The number of fused-ring (bicyclic) bond motifs is 3. The van der Waals surface area contributed by atoms with Crippen molar-refractivity contribution < 1.29 is 0 Å². The quantitative estimate of drug-likeness (QED) is 0.693. The Balaban J connectivity index is 2.29. The molecule has 1 aromatic heterocycles. The van der Waals surface area contributed by atoms with Crippen LogP contribution in [0.1, 0.15) is 29.3 Å². The second-order valence-corrected chi connectivity index (χ2v) is 5.07. The van der Waals surface area contributed by atoms with Crippen LogP contribution in [-0.2, 0) is 13.0 Å². The lowest BCUT2D eigenvalue weighted by atomic mass is 9.98. The first kappa shape index (κ1) is 9.91. The lowest BCUT2D eigenvalue weighted by Gasteiger charge is -2.20. The Morgan fingerprint density at radius 3 is 2.88 bits per heavy atom. The van der Waals surface area contributed by atoms with Gasteiger partial charge in [-0.1, -0.05) is 6.07 Å². The third-order valence-electron chi connectivity index (χ3n) is 3.57. The molecule has 1 aliphatic rings. The molecule has 1 atom stereocenters. The Hall–Kier alpha value is -1.28. The minimum Gasteiger partial charge on any atom is -0.358 e. The van der Waals surface area contributed by atoms with Gasteiger partial charge in [0, 0.05) is 35.6 Å². The molecular formula is C14H18N2. The highest BCUT2D eigenvalue weighted by atomic mass is 14.9. The van der Waals surface area contributed by atoms with Crippen LogP contribution in [0.3, 0.4) is 0 Å². The Kier molecular flexibility index (Phi) is 2.08. The van der Waals surface area contributed by atoms with Crippen molar-refractivity contribution in [3.05, 3.63) is 34.5 Å². The van der Waals surface area contributed by atoms with E-state index in [1.54, 1.807) is 0 Å². The van der Waals surface area contributed by atoms with E-state index in [1.807, 2.05) is 0 Å². The van der Waals surface area contributed by atoms with Crippen LogP contribution >= 0.6 is 0 Å². The molecule has 0 aliphatic carbocycles. The Labute approximate surface area is 96.1 Å². The Bertz CT molecular complexity index is 551. The maximum absolute atomic E-state index is 3.59. The van der Waals surface area contributed by atoms with E-state index >= 15 is 0 Å². The average Bonchev–Trinajstić information content (AvgIpc) is 2.54. The highest BCUT2D eigenvalue weighted by Crippen LogP contribution is 2.29. The zero-order valence-corrected chi connectivity index (χ0v) is 10.1. The molecule has 16 heavy (non-hydrogen) atoms. The molecule has 2 nitrogen and oxygen atoms in total. The minimum atomic E-state index is 0.585. The molecule has 84 valence electrons. The van der Waals surface area contributed by atoms with Crippen LogP contribution in [0.25, 0.3) is 10.9 Å². The largest absolute Gasteiger partial charge is 0.358 e. The molecule has 2 N–H and O–H groups in total. The molecule has 1 aliphatic heterocycles.